The number of hydrogen-bond donors (Lipinski definition) is 0. The van der Waals surface area contributed by atoms with Crippen molar-refractivity contribution in [3.05, 3.63) is 40.6 Å². The molecular formula is C11H12N2O3. The molecule has 0 N–H and O–H groups in total. The second-order valence-corrected chi connectivity index (χ2v) is 3.38. The monoisotopic (exact) mass is 220 g/mol. The van der Waals surface area contributed by atoms with Gasteiger partial charge in [-0.25, -0.2) is 0 Å². The molecule has 84 valence electrons. The average Bonchev–Trinajstić information content (AvgIpc) is 2.69. The van der Waals surface area contributed by atoms with Crippen molar-refractivity contribution in [2.75, 3.05) is 6.61 Å². The second-order valence-electron chi connectivity index (χ2n) is 3.38. The van der Waals surface area contributed by atoms with Gasteiger partial charge in [0.05, 0.1) is 4.92 Å². The van der Waals surface area contributed by atoms with Crippen molar-refractivity contribution in [1.29, 1.82) is 0 Å². The maximum atomic E-state index is 10.9. The quantitative estimate of drug-likeness (QED) is 0.587. The van der Waals surface area contributed by atoms with E-state index < -0.39 is 0 Å². The molecule has 5 heteroatoms. The van der Waals surface area contributed by atoms with E-state index in [1.807, 2.05) is 19.1 Å². The van der Waals surface area contributed by atoms with E-state index in [2.05, 4.69) is 0 Å². The van der Waals surface area contributed by atoms with E-state index in [1.165, 1.54) is 6.07 Å². The lowest BCUT2D eigenvalue weighted by molar-refractivity contribution is -0.383. The van der Waals surface area contributed by atoms with Gasteiger partial charge in [-0.05, 0) is 13.0 Å². The lowest BCUT2D eigenvalue weighted by atomic mass is 10.2. The highest BCUT2D eigenvalue weighted by molar-refractivity contribution is 5.88. The number of fused-ring (bicyclic) bond motifs is 1. The molecule has 0 unspecified atom stereocenters. The highest BCUT2D eigenvalue weighted by atomic mass is 16.6. The topological polar surface area (TPSA) is 57.3 Å². The third kappa shape index (κ3) is 1.77. The molecule has 1 aromatic heterocycles. The van der Waals surface area contributed by atoms with Gasteiger partial charge in [-0.15, -0.1) is 0 Å². The first-order valence-corrected chi connectivity index (χ1v) is 5.04. The fraction of sp³-hybridized carbons (Fsp3) is 0.273. The maximum absolute atomic E-state index is 10.9. The first-order chi connectivity index (χ1) is 7.74. The molecule has 0 fully saturated rings. The average molecular weight is 220 g/mol. The van der Waals surface area contributed by atoms with Crippen molar-refractivity contribution in [3.8, 4) is 0 Å². The van der Waals surface area contributed by atoms with Crippen molar-refractivity contribution in [3.63, 3.8) is 0 Å². The molecule has 1 heterocycles. The minimum absolute atomic E-state index is 0.113. The predicted molar refractivity (Wildman–Crippen MR) is 60.2 cm³/mol. The fourth-order valence-corrected chi connectivity index (χ4v) is 1.69. The van der Waals surface area contributed by atoms with Gasteiger partial charge in [0.15, 0.2) is 0 Å². The number of rotatable bonds is 4. The van der Waals surface area contributed by atoms with E-state index in [4.69, 9.17) is 4.74 Å². The Morgan fingerprint density at radius 1 is 1.44 bits per heavy atom. The van der Waals surface area contributed by atoms with Crippen LogP contribution in [0.2, 0.25) is 0 Å². The number of nitrogens with zero attached hydrogens (tertiary/aromatic N) is 2. The van der Waals surface area contributed by atoms with Crippen LogP contribution in [0.3, 0.4) is 0 Å². The molecule has 0 spiro atoms. The van der Waals surface area contributed by atoms with Crippen LogP contribution in [0, 0.1) is 10.1 Å². The summed E-state index contributed by atoms with van der Waals surface area (Å²) in [6, 6.07) is 6.89. The summed E-state index contributed by atoms with van der Waals surface area (Å²) in [5.41, 5.74) is 0.725. The molecule has 0 saturated heterocycles. The standard InChI is InChI=1S/C11H12N2O3/c1-2-16-8-12-7-6-9-4-3-5-10(11(9)12)13(14)15/h3-7H,2,8H2,1H3. The van der Waals surface area contributed by atoms with Gasteiger partial charge in [0.2, 0.25) is 0 Å². The van der Waals surface area contributed by atoms with Crippen LogP contribution in [-0.2, 0) is 11.5 Å². The van der Waals surface area contributed by atoms with Gasteiger partial charge in [-0.3, -0.25) is 10.1 Å². The van der Waals surface area contributed by atoms with Crippen LogP contribution < -0.4 is 0 Å². The summed E-state index contributed by atoms with van der Waals surface area (Å²) in [5.74, 6) is 0. The highest BCUT2D eigenvalue weighted by Gasteiger charge is 2.14. The molecule has 0 saturated carbocycles. The smallest absolute Gasteiger partial charge is 0.293 e. The zero-order valence-electron chi connectivity index (χ0n) is 8.92. The van der Waals surface area contributed by atoms with Gasteiger partial charge < -0.3 is 9.30 Å². The Bertz CT molecular complexity index is 519. The Morgan fingerprint density at radius 2 is 2.25 bits per heavy atom. The molecule has 0 bridgehead atoms. The van der Waals surface area contributed by atoms with Crippen LogP contribution >= 0.6 is 0 Å². The maximum Gasteiger partial charge on any atom is 0.293 e. The van der Waals surface area contributed by atoms with E-state index in [9.17, 15) is 10.1 Å². The minimum atomic E-state index is -0.370. The summed E-state index contributed by atoms with van der Waals surface area (Å²) < 4.78 is 7.01. The van der Waals surface area contributed by atoms with Crippen LogP contribution in [-0.4, -0.2) is 16.1 Å². The molecule has 0 aliphatic rings. The van der Waals surface area contributed by atoms with Gasteiger partial charge in [-0.1, -0.05) is 12.1 Å². The molecule has 5 nitrogen and oxygen atoms in total. The van der Waals surface area contributed by atoms with Crippen molar-refractivity contribution < 1.29 is 9.66 Å². The number of nitro benzene ring substituents is 1. The second kappa shape index (κ2) is 4.32. The van der Waals surface area contributed by atoms with Crippen LogP contribution in [0.25, 0.3) is 10.9 Å². The summed E-state index contributed by atoms with van der Waals surface area (Å²) in [5, 5.41) is 11.7. The molecule has 1 aromatic carbocycles. The molecule has 0 aliphatic heterocycles. The lowest BCUT2D eigenvalue weighted by Gasteiger charge is -2.05. The van der Waals surface area contributed by atoms with Crippen molar-refractivity contribution in [1.82, 2.24) is 4.57 Å². The molecule has 0 amide bonds. The van der Waals surface area contributed by atoms with E-state index in [0.717, 1.165) is 5.39 Å². The summed E-state index contributed by atoms with van der Waals surface area (Å²) in [6.07, 6.45) is 1.80. The summed E-state index contributed by atoms with van der Waals surface area (Å²) in [6.45, 7) is 2.81. The Kier molecular flexibility index (Phi) is 2.87. The molecule has 2 aromatic rings. The number of hydrogen-bond acceptors (Lipinski definition) is 3. The van der Waals surface area contributed by atoms with Crippen LogP contribution in [0.5, 0.6) is 0 Å². The Labute approximate surface area is 92.4 Å². The Hall–Kier alpha value is -1.88. The zero-order chi connectivity index (χ0) is 11.5. The van der Waals surface area contributed by atoms with Gasteiger partial charge >= 0.3 is 0 Å². The van der Waals surface area contributed by atoms with Gasteiger partial charge in [0.25, 0.3) is 5.69 Å². The molecular weight excluding hydrogens is 208 g/mol. The molecule has 0 atom stereocenters. The van der Waals surface area contributed by atoms with Crippen molar-refractivity contribution >= 4 is 16.6 Å². The predicted octanol–water partition coefficient (Wildman–Crippen LogP) is 2.54. The number of nitro groups is 1. The fourth-order valence-electron chi connectivity index (χ4n) is 1.69. The molecule has 0 aliphatic carbocycles. The third-order valence-electron chi connectivity index (χ3n) is 2.40. The number of para-hydroxylation sites is 1. The van der Waals surface area contributed by atoms with Crippen LogP contribution in [0.1, 0.15) is 6.92 Å². The van der Waals surface area contributed by atoms with E-state index in [0.29, 0.717) is 18.9 Å². The van der Waals surface area contributed by atoms with Gasteiger partial charge in [0, 0.05) is 24.3 Å². The van der Waals surface area contributed by atoms with Gasteiger partial charge in [-0.2, -0.15) is 0 Å². The third-order valence-corrected chi connectivity index (χ3v) is 2.40. The normalized spacial score (nSPS) is 10.8. The lowest BCUT2D eigenvalue weighted by Crippen LogP contribution is -2.02. The Balaban J connectivity index is 2.54. The molecule has 2 rings (SSSR count). The van der Waals surface area contributed by atoms with E-state index >= 15 is 0 Å². The number of benzene rings is 1. The minimum Gasteiger partial charge on any atom is -0.361 e. The van der Waals surface area contributed by atoms with Crippen LogP contribution in [0.4, 0.5) is 5.69 Å². The van der Waals surface area contributed by atoms with E-state index in [-0.39, 0.29) is 10.6 Å². The van der Waals surface area contributed by atoms with E-state index in [1.54, 1.807) is 16.8 Å². The van der Waals surface area contributed by atoms with Crippen LogP contribution in [0.15, 0.2) is 30.5 Å². The zero-order valence-corrected chi connectivity index (χ0v) is 8.92. The summed E-state index contributed by atoms with van der Waals surface area (Å²) in [4.78, 5) is 10.5. The number of aromatic nitrogens is 1. The highest BCUT2D eigenvalue weighted by Crippen LogP contribution is 2.26. The SMILES string of the molecule is CCOCn1ccc2cccc([N+](=O)[O-])c21. The van der Waals surface area contributed by atoms with Crippen molar-refractivity contribution in [2.45, 2.75) is 13.7 Å². The summed E-state index contributed by atoms with van der Waals surface area (Å²) >= 11 is 0. The summed E-state index contributed by atoms with van der Waals surface area (Å²) in [7, 11) is 0. The molecule has 16 heavy (non-hydrogen) atoms. The Morgan fingerprint density at radius 3 is 2.94 bits per heavy atom. The number of ether oxygens (including phenoxy) is 1. The largest absolute Gasteiger partial charge is 0.361 e. The number of non-ortho nitro benzene ring substituents is 1. The van der Waals surface area contributed by atoms with Gasteiger partial charge in [0.1, 0.15) is 12.2 Å². The first kappa shape index (κ1) is 10.6. The molecule has 0 radical (unpaired) electrons. The van der Waals surface area contributed by atoms with Crippen molar-refractivity contribution in [2.24, 2.45) is 0 Å². The first-order valence-electron chi connectivity index (χ1n) is 5.04.